The lowest BCUT2D eigenvalue weighted by molar-refractivity contribution is -0.121. The molecular formula is C20H28ClN3O2. The third kappa shape index (κ3) is 3.74. The number of nitrogens with two attached hydrogens (primary N) is 1. The summed E-state index contributed by atoms with van der Waals surface area (Å²) in [5.41, 5.74) is 6.95. The van der Waals surface area contributed by atoms with Crippen LogP contribution in [0.1, 0.15) is 56.8 Å². The van der Waals surface area contributed by atoms with Crippen LogP contribution in [0.5, 0.6) is 0 Å². The molecule has 0 aliphatic heterocycles. The number of carbonyl (C=O) groups is 2. The Labute approximate surface area is 160 Å². The Morgan fingerprint density at radius 2 is 1.96 bits per heavy atom. The number of hydrogen-bond acceptors (Lipinski definition) is 3. The zero-order chi connectivity index (χ0) is 19.1. The van der Waals surface area contributed by atoms with Gasteiger partial charge in [0.25, 0.3) is 5.91 Å². The van der Waals surface area contributed by atoms with Crippen LogP contribution >= 0.6 is 11.6 Å². The molecule has 5 nitrogen and oxygen atoms in total. The second-order valence-electron chi connectivity index (χ2n) is 8.31. The van der Waals surface area contributed by atoms with Crippen molar-refractivity contribution in [1.82, 2.24) is 5.32 Å². The Kier molecular flexibility index (Phi) is 5.31. The molecule has 4 unspecified atom stereocenters. The largest absolute Gasteiger partial charge is 0.347 e. The van der Waals surface area contributed by atoms with Gasteiger partial charge in [-0.3, -0.25) is 9.59 Å². The molecule has 6 heteroatoms. The van der Waals surface area contributed by atoms with Crippen molar-refractivity contribution in [3.05, 3.63) is 28.8 Å². The summed E-state index contributed by atoms with van der Waals surface area (Å²) >= 11 is 6.29. The number of anilines is 1. The van der Waals surface area contributed by atoms with Gasteiger partial charge < -0.3 is 16.4 Å². The Bertz CT molecular complexity index is 717. The highest BCUT2D eigenvalue weighted by atomic mass is 35.5. The van der Waals surface area contributed by atoms with Gasteiger partial charge in [-0.25, -0.2) is 0 Å². The molecule has 142 valence electrons. The molecule has 1 aromatic carbocycles. The van der Waals surface area contributed by atoms with Gasteiger partial charge in [0.15, 0.2) is 0 Å². The van der Waals surface area contributed by atoms with Crippen LogP contribution in [0.3, 0.4) is 0 Å². The third-order valence-corrected chi connectivity index (χ3v) is 6.41. The second-order valence-corrected chi connectivity index (χ2v) is 8.72. The molecule has 2 fully saturated rings. The van der Waals surface area contributed by atoms with Crippen LogP contribution in [-0.2, 0) is 4.79 Å². The highest BCUT2D eigenvalue weighted by molar-refractivity contribution is 6.34. The van der Waals surface area contributed by atoms with Gasteiger partial charge in [0.2, 0.25) is 5.91 Å². The van der Waals surface area contributed by atoms with Gasteiger partial charge in [0.1, 0.15) is 0 Å². The zero-order valence-electron chi connectivity index (χ0n) is 15.6. The fourth-order valence-corrected chi connectivity index (χ4v) is 4.46. The van der Waals surface area contributed by atoms with E-state index in [4.69, 9.17) is 17.3 Å². The van der Waals surface area contributed by atoms with Crippen molar-refractivity contribution >= 4 is 29.1 Å². The molecule has 2 aliphatic rings. The Morgan fingerprint density at radius 1 is 1.27 bits per heavy atom. The van der Waals surface area contributed by atoms with Gasteiger partial charge in [-0.15, -0.1) is 0 Å². The first-order chi connectivity index (χ1) is 12.2. The molecule has 0 radical (unpaired) electrons. The SMILES string of the molecule is CCC(C)(C)NC(=O)c1ccc(NC(=O)C2C3CCC(C3)C2N)cc1Cl. The first-order valence-corrected chi connectivity index (χ1v) is 9.78. The molecule has 0 spiro atoms. The third-order valence-electron chi connectivity index (χ3n) is 6.10. The molecule has 4 N–H and O–H groups in total. The van der Waals surface area contributed by atoms with E-state index in [1.165, 1.54) is 0 Å². The van der Waals surface area contributed by atoms with Crippen LogP contribution in [0.4, 0.5) is 5.69 Å². The van der Waals surface area contributed by atoms with E-state index >= 15 is 0 Å². The van der Waals surface area contributed by atoms with E-state index in [2.05, 4.69) is 10.6 Å². The minimum Gasteiger partial charge on any atom is -0.347 e. The van der Waals surface area contributed by atoms with Crippen molar-refractivity contribution < 1.29 is 9.59 Å². The highest BCUT2D eigenvalue weighted by Gasteiger charge is 2.49. The van der Waals surface area contributed by atoms with Crippen molar-refractivity contribution in [1.29, 1.82) is 0 Å². The predicted octanol–water partition coefficient (Wildman–Crippen LogP) is 3.57. The van der Waals surface area contributed by atoms with E-state index in [9.17, 15) is 9.59 Å². The van der Waals surface area contributed by atoms with Crippen LogP contribution in [0, 0.1) is 17.8 Å². The molecule has 1 aromatic rings. The fraction of sp³-hybridized carbons (Fsp3) is 0.600. The first kappa shape index (κ1) is 19.2. The standard InChI is InChI=1S/C20H28ClN3O2/c1-4-20(2,3)24-18(25)14-8-7-13(10-15(14)21)23-19(26)16-11-5-6-12(9-11)17(16)22/h7-8,10-12,16-17H,4-6,9,22H2,1-3H3,(H,23,26)(H,24,25). The molecule has 0 aromatic heterocycles. The minimum absolute atomic E-state index is 0.0370. The Morgan fingerprint density at radius 3 is 2.54 bits per heavy atom. The molecule has 2 saturated carbocycles. The minimum atomic E-state index is -0.300. The molecule has 0 saturated heterocycles. The summed E-state index contributed by atoms with van der Waals surface area (Å²) in [6, 6.07) is 4.95. The molecule has 0 heterocycles. The summed E-state index contributed by atoms with van der Waals surface area (Å²) in [6.45, 7) is 5.94. The monoisotopic (exact) mass is 377 g/mol. The molecular weight excluding hydrogens is 350 g/mol. The molecule has 4 atom stereocenters. The van der Waals surface area contributed by atoms with Crippen LogP contribution in [0.2, 0.25) is 5.02 Å². The van der Waals surface area contributed by atoms with E-state index in [1.54, 1.807) is 18.2 Å². The molecule has 26 heavy (non-hydrogen) atoms. The predicted molar refractivity (Wildman–Crippen MR) is 104 cm³/mol. The van der Waals surface area contributed by atoms with Gasteiger partial charge >= 0.3 is 0 Å². The number of hydrogen-bond donors (Lipinski definition) is 3. The van der Waals surface area contributed by atoms with E-state index in [0.717, 1.165) is 25.7 Å². The van der Waals surface area contributed by atoms with Gasteiger partial charge in [0.05, 0.1) is 16.5 Å². The number of fused-ring (bicyclic) bond motifs is 2. The van der Waals surface area contributed by atoms with Gasteiger partial charge in [-0.1, -0.05) is 18.5 Å². The maximum absolute atomic E-state index is 12.7. The number of rotatable bonds is 5. The van der Waals surface area contributed by atoms with Crippen molar-refractivity contribution in [2.75, 3.05) is 5.32 Å². The van der Waals surface area contributed by atoms with Crippen LogP contribution < -0.4 is 16.4 Å². The van der Waals surface area contributed by atoms with E-state index in [-0.39, 0.29) is 29.3 Å². The summed E-state index contributed by atoms with van der Waals surface area (Å²) in [4.78, 5) is 25.1. The number of nitrogens with one attached hydrogen (secondary N) is 2. The van der Waals surface area contributed by atoms with Gasteiger partial charge in [-0.05, 0) is 69.6 Å². The van der Waals surface area contributed by atoms with E-state index in [1.807, 2.05) is 20.8 Å². The Balaban J connectivity index is 1.68. The Hall–Kier alpha value is -1.59. The molecule has 2 aliphatic carbocycles. The lowest BCUT2D eigenvalue weighted by Crippen LogP contribution is -2.43. The summed E-state index contributed by atoms with van der Waals surface area (Å²) in [5, 5.41) is 6.22. The van der Waals surface area contributed by atoms with Crippen LogP contribution in [0.15, 0.2) is 18.2 Å². The number of benzene rings is 1. The van der Waals surface area contributed by atoms with Crippen LogP contribution in [-0.4, -0.2) is 23.4 Å². The summed E-state index contributed by atoms with van der Waals surface area (Å²) in [7, 11) is 0. The molecule has 3 rings (SSSR count). The van der Waals surface area contributed by atoms with Crippen molar-refractivity contribution in [2.24, 2.45) is 23.5 Å². The van der Waals surface area contributed by atoms with Crippen molar-refractivity contribution in [2.45, 2.75) is 58.0 Å². The number of amides is 2. The average molecular weight is 378 g/mol. The lowest BCUT2D eigenvalue weighted by Gasteiger charge is -2.27. The van der Waals surface area contributed by atoms with E-state index in [0.29, 0.717) is 28.1 Å². The summed E-state index contributed by atoms with van der Waals surface area (Å²) in [6.07, 6.45) is 4.10. The highest BCUT2D eigenvalue weighted by Crippen LogP contribution is 2.47. The second kappa shape index (κ2) is 7.20. The maximum Gasteiger partial charge on any atom is 0.253 e. The lowest BCUT2D eigenvalue weighted by atomic mass is 9.84. The zero-order valence-corrected chi connectivity index (χ0v) is 16.4. The fourth-order valence-electron chi connectivity index (χ4n) is 4.19. The maximum atomic E-state index is 12.7. The van der Waals surface area contributed by atoms with Crippen molar-refractivity contribution in [3.63, 3.8) is 0 Å². The van der Waals surface area contributed by atoms with E-state index < -0.39 is 0 Å². The topological polar surface area (TPSA) is 84.2 Å². The van der Waals surface area contributed by atoms with Crippen LogP contribution in [0.25, 0.3) is 0 Å². The summed E-state index contributed by atoms with van der Waals surface area (Å²) < 4.78 is 0. The number of halogens is 1. The van der Waals surface area contributed by atoms with Gasteiger partial charge in [0, 0.05) is 17.3 Å². The molecule has 2 amide bonds. The first-order valence-electron chi connectivity index (χ1n) is 9.40. The number of carbonyl (C=O) groups excluding carboxylic acids is 2. The average Bonchev–Trinajstić information content (AvgIpc) is 3.15. The quantitative estimate of drug-likeness (QED) is 0.733. The van der Waals surface area contributed by atoms with Gasteiger partial charge in [-0.2, -0.15) is 0 Å². The normalized spacial score (nSPS) is 27.4. The smallest absolute Gasteiger partial charge is 0.253 e. The molecule has 2 bridgehead atoms. The van der Waals surface area contributed by atoms with Crippen molar-refractivity contribution in [3.8, 4) is 0 Å². The summed E-state index contributed by atoms with van der Waals surface area (Å²) in [5.74, 6) is 0.500.